The summed E-state index contributed by atoms with van der Waals surface area (Å²) in [6, 6.07) is 13.1. The summed E-state index contributed by atoms with van der Waals surface area (Å²) < 4.78 is 11.0. The summed E-state index contributed by atoms with van der Waals surface area (Å²) in [6.45, 7) is 5.35. The third kappa shape index (κ3) is 4.32. The van der Waals surface area contributed by atoms with Crippen molar-refractivity contribution in [3.63, 3.8) is 0 Å². The molecule has 1 atom stereocenters. The van der Waals surface area contributed by atoms with Crippen molar-refractivity contribution < 1.29 is 14.3 Å². The van der Waals surface area contributed by atoms with Crippen LogP contribution in [0.4, 0.5) is 5.69 Å². The van der Waals surface area contributed by atoms with E-state index in [0.29, 0.717) is 36.2 Å². The molecule has 0 aromatic heterocycles. The van der Waals surface area contributed by atoms with Gasteiger partial charge >= 0.3 is 0 Å². The van der Waals surface area contributed by atoms with E-state index < -0.39 is 0 Å². The third-order valence-electron chi connectivity index (χ3n) is 4.38. The van der Waals surface area contributed by atoms with Crippen molar-refractivity contribution in [3.8, 4) is 11.5 Å². The maximum Gasteiger partial charge on any atom is 0.257 e. The van der Waals surface area contributed by atoms with Crippen molar-refractivity contribution in [1.29, 1.82) is 0 Å². The summed E-state index contributed by atoms with van der Waals surface area (Å²) in [7, 11) is 0. The van der Waals surface area contributed by atoms with Gasteiger partial charge < -0.3 is 14.8 Å². The minimum absolute atomic E-state index is 0.251. The van der Waals surface area contributed by atoms with Crippen LogP contribution in [0.1, 0.15) is 42.1 Å². The topological polar surface area (TPSA) is 59.6 Å². The van der Waals surface area contributed by atoms with E-state index in [0.717, 1.165) is 12.1 Å². The molecule has 0 fully saturated rings. The standard InChI is InChI=1S/C20H22N2O3S/c1-3-13(2)14-4-7-16(8-5-14)21-20(26)22-19(23)15-6-9-17-18(12-15)25-11-10-24-17/h4-9,12-13H,3,10-11H2,1-2H3,(H2,21,22,23,26)/t13-/m1/s1. The summed E-state index contributed by atoms with van der Waals surface area (Å²) in [5.74, 6) is 1.44. The first kappa shape index (κ1) is 18.2. The first-order chi connectivity index (χ1) is 12.6. The average molecular weight is 370 g/mol. The van der Waals surface area contributed by atoms with Gasteiger partial charge in [0.05, 0.1) is 0 Å². The monoisotopic (exact) mass is 370 g/mol. The van der Waals surface area contributed by atoms with Gasteiger partial charge in [-0.3, -0.25) is 10.1 Å². The van der Waals surface area contributed by atoms with Crippen molar-refractivity contribution in [2.75, 3.05) is 18.5 Å². The number of rotatable bonds is 4. The molecule has 0 bridgehead atoms. The molecule has 2 aromatic rings. The minimum Gasteiger partial charge on any atom is -0.486 e. The quantitative estimate of drug-likeness (QED) is 0.794. The number of carbonyl (C=O) groups is 1. The Labute approximate surface area is 158 Å². The highest BCUT2D eigenvalue weighted by molar-refractivity contribution is 7.80. The summed E-state index contributed by atoms with van der Waals surface area (Å²) in [5, 5.41) is 5.97. The van der Waals surface area contributed by atoms with Crippen LogP contribution in [0, 0.1) is 0 Å². The zero-order chi connectivity index (χ0) is 18.5. The molecule has 0 saturated carbocycles. The van der Waals surface area contributed by atoms with Crippen LogP contribution in [0.25, 0.3) is 0 Å². The molecule has 26 heavy (non-hydrogen) atoms. The number of amides is 1. The Hall–Kier alpha value is -2.60. The highest BCUT2D eigenvalue weighted by atomic mass is 32.1. The van der Waals surface area contributed by atoms with Crippen LogP contribution >= 0.6 is 12.2 Å². The molecule has 0 saturated heterocycles. The molecule has 0 unspecified atom stereocenters. The SMILES string of the molecule is CC[C@@H](C)c1ccc(NC(=S)NC(=O)c2ccc3c(c2)OCCO3)cc1. The lowest BCUT2D eigenvalue weighted by Crippen LogP contribution is -2.34. The van der Waals surface area contributed by atoms with Gasteiger partial charge in [-0.1, -0.05) is 26.0 Å². The molecule has 5 nitrogen and oxygen atoms in total. The largest absolute Gasteiger partial charge is 0.486 e. The van der Waals surface area contributed by atoms with E-state index in [4.69, 9.17) is 21.7 Å². The second kappa shape index (κ2) is 8.19. The number of nitrogens with one attached hydrogen (secondary N) is 2. The van der Waals surface area contributed by atoms with Gasteiger partial charge in [0.25, 0.3) is 5.91 Å². The molecule has 2 aromatic carbocycles. The van der Waals surface area contributed by atoms with E-state index in [9.17, 15) is 4.79 Å². The minimum atomic E-state index is -0.296. The van der Waals surface area contributed by atoms with Crippen molar-refractivity contribution >= 4 is 28.9 Å². The van der Waals surface area contributed by atoms with Crippen LogP contribution in [0.2, 0.25) is 0 Å². The fourth-order valence-electron chi connectivity index (χ4n) is 2.65. The van der Waals surface area contributed by atoms with E-state index in [2.05, 4.69) is 36.6 Å². The number of thiocarbonyl (C=S) groups is 1. The van der Waals surface area contributed by atoms with Gasteiger partial charge in [-0.05, 0) is 60.5 Å². The number of carbonyl (C=O) groups excluding carboxylic acids is 1. The molecule has 3 rings (SSSR count). The molecule has 6 heteroatoms. The Kier molecular flexibility index (Phi) is 5.73. The first-order valence-corrected chi connectivity index (χ1v) is 9.09. The van der Waals surface area contributed by atoms with E-state index >= 15 is 0 Å². The number of anilines is 1. The first-order valence-electron chi connectivity index (χ1n) is 8.68. The fraction of sp³-hybridized carbons (Fsp3) is 0.300. The zero-order valence-electron chi connectivity index (χ0n) is 14.9. The molecule has 0 spiro atoms. The van der Waals surface area contributed by atoms with Crippen molar-refractivity contribution in [2.45, 2.75) is 26.2 Å². The Bertz CT molecular complexity index is 805. The highest BCUT2D eigenvalue weighted by Gasteiger charge is 2.15. The van der Waals surface area contributed by atoms with Crippen LogP contribution in [-0.2, 0) is 0 Å². The molecule has 2 N–H and O–H groups in total. The summed E-state index contributed by atoms with van der Waals surface area (Å²) >= 11 is 5.24. The molecule has 1 aliphatic heterocycles. The van der Waals surface area contributed by atoms with Gasteiger partial charge in [-0.2, -0.15) is 0 Å². The second-order valence-electron chi connectivity index (χ2n) is 6.20. The van der Waals surface area contributed by atoms with Gasteiger partial charge in [-0.15, -0.1) is 0 Å². The molecule has 0 radical (unpaired) electrons. The lowest BCUT2D eigenvalue weighted by molar-refractivity contribution is 0.0976. The molecular weight excluding hydrogens is 348 g/mol. The summed E-state index contributed by atoms with van der Waals surface area (Å²) in [6.07, 6.45) is 1.09. The zero-order valence-corrected chi connectivity index (χ0v) is 15.7. The second-order valence-corrected chi connectivity index (χ2v) is 6.61. The van der Waals surface area contributed by atoms with Crippen molar-refractivity contribution in [1.82, 2.24) is 5.32 Å². The van der Waals surface area contributed by atoms with Crippen LogP contribution < -0.4 is 20.1 Å². The number of hydrogen-bond donors (Lipinski definition) is 2. The van der Waals surface area contributed by atoms with Gasteiger partial charge in [0.15, 0.2) is 16.6 Å². The number of benzene rings is 2. The summed E-state index contributed by atoms with van der Waals surface area (Å²) in [5.41, 5.74) is 2.58. The Morgan fingerprint density at radius 2 is 1.81 bits per heavy atom. The van der Waals surface area contributed by atoms with Gasteiger partial charge in [0.1, 0.15) is 13.2 Å². The van der Waals surface area contributed by atoms with Crippen molar-refractivity contribution in [2.24, 2.45) is 0 Å². The Morgan fingerprint density at radius 3 is 2.50 bits per heavy atom. The predicted molar refractivity (Wildman–Crippen MR) is 106 cm³/mol. The lowest BCUT2D eigenvalue weighted by Gasteiger charge is -2.18. The summed E-state index contributed by atoms with van der Waals surface area (Å²) in [4.78, 5) is 12.4. The van der Waals surface area contributed by atoms with E-state index in [1.807, 2.05) is 12.1 Å². The molecule has 136 valence electrons. The Balaban J connectivity index is 1.60. The van der Waals surface area contributed by atoms with Crippen molar-refractivity contribution in [3.05, 3.63) is 53.6 Å². The number of fused-ring (bicyclic) bond motifs is 1. The van der Waals surface area contributed by atoms with Gasteiger partial charge in [0.2, 0.25) is 0 Å². The van der Waals surface area contributed by atoms with E-state index in [1.165, 1.54) is 5.56 Å². The number of ether oxygens (including phenoxy) is 2. The van der Waals surface area contributed by atoms with Crippen LogP contribution in [0.5, 0.6) is 11.5 Å². The van der Waals surface area contributed by atoms with Gasteiger partial charge in [-0.25, -0.2) is 0 Å². The van der Waals surface area contributed by atoms with Crippen LogP contribution in [0.3, 0.4) is 0 Å². The number of hydrogen-bond acceptors (Lipinski definition) is 4. The maximum atomic E-state index is 12.4. The van der Waals surface area contributed by atoms with Gasteiger partial charge in [0, 0.05) is 11.3 Å². The third-order valence-corrected chi connectivity index (χ3v) is 4.59. The maximum absolute atomic E-state index is 12.4. The average Bonchev–Trinajstić information content (AvgIpc) is 2.67. The lowest BCUT2D eigenvalue weighted by atomic mass is 9.99. The molecule has 0 aliphatic carbocycles. The molecular formula is C20H22N2O3S. The normalized spacial score (nSPS) is 13.6. The highest BCUT2D eigenvalue weighted by Crippen LogP contribution is 2.30. The van der Waals surface area contributed by atoms with Crippen LogP contribution in [-0.4, -0.2) is 24.2 Å². The molecule has 1 amide bonds. The van der Waals surface area contributed by atoms with Crippen LogP contribution in [0.15, 0.2) is 42.5 Å². The molecule has 1 heterocycles. The molecule has 1 aliphatic rings. The predicted octanol–water partition coefficient (Wildman–Crippen LogP) is 4.10. The smallest absolute Gasteiger partial charge is 0.257 e. The van der Waals surface area contributed by atoms with E-state index in [-0.39, 0.29) is 11.0 Å². The fourth-order valence-corrected chi connectivity index (χ4v) is 2.86. The van der Waals surface area contributed by atoms with E-state index in [1.54, 1.807) is 18.2 Å². The Morgan fingerprint density at radius 1 is 1.12 bits per heavy atom.